The maximum atomic E-state index is 13.7. The van der Waals surface area contributed by atoms with Crippen molar-refractivity contribution in [2.45, 2.75) is 83.4 Å². The first-order valence-electron chi connectivity index (χ1n) is 16.3. The quantitative estimate of drug-likeness (QED) is 0.115. The number of ether oxygens (including phenoxy) is 4. The number of esters is 1. The minimum Gasteiger partial charge on any atom is -0.497 e. The van der Waals surface area contributed by atoms with E-state index in [0.29, 0.717) is 62.5 Å². The molecule has 2 heterocycles. The van der Waals surface area contributed by atoms with Gasteiger partial charge < -0.3 is 34.4 Å². The highest BCUT2D eigenvalue weighted by molar-refractivity contribution is 8.26. The van der Waals surface area contributed by atoms with Gasteiger partial charge in [0.2, 0.25) is 5.91 Å². The fourth-order valence-corrected chi connectivity index (χ4v) is 7.99. The fraction of sp³-hybridized carbons (Fsp3) is 0.514. The van der Waals surface area contributed by atoms with Crippen LogP contribution in [0.1, 0.15) is 70.6 Å². The van der Waals surface area contributed by atoms with E-state index in [1.807, 2.05) is 18.2 Å². The van der Waals surface area contributed by atoms with E-state index in [1.165, 1.54) is 18.2 Å². The zero-order chi connectivity index (χ0) is 35.5. The lowest BCUT2D eigenvalue weighted by molar-refractivity contribution is -0.147. The van der Waals surface area contributed by atoms with Crippen molar-refractivity contribution in [2.24, 2.45) is 17.6 Å². The van der Waals surface area contributed by atoms with Crippen LogP contribution in [0.5, 0.6) is 11.5 Å². The Balaban J connectivity index is 1.33. The van der Waals surface area contributed by atoms with Crippen LogP contribution in [0.4, 0.5) is 4.79 Å². The van der Waals surface area contributed by atoms with Crippen LogP contribution in [0.15, 0.2) is 33.6 Å². The van der Waals surface area contributed by atoms with Gasteiger partial charge in [-0.3, -0.25) is 14.5 Å². The number of rotatable bonds is 13. The molecule has 2 aliphatic carbocycles. The lowest BCUT2D eigenvalue weighted by atomic mass is 9.94. The van der Waals surface area contributed by atoms with E-state index in [-0.39, 0.29) is 18.6 Å². The minimum absolute atomic E-state index is 0.0244. The third-order valence-corrected chi connectivity index (χ3v) is 10.1. The number of methoxy groups -OCH3 is 2. The van der Waals surface area contributed by atoms with Crippen molar-refractivity contribution < 1.29 is 42.5 Å². The lowest BCUT2D eigenvalue weighted by Crippen LogP contribution is -2.46. The minimum atomic E-state index is -1.30. The molecule has 264 valence electrons. The molecule has 3 fully saturated rings. The van der Waals surface area contributed by atoms with Gasteiger partial charge in [0.05, 0.1) is 32.2 Å². The molecule has 12 nitrogen and oxygen atoms in total. The Kier molecular flexibility index (Phi) is 11.3. The molecule has 5 rings (SSSR count). The zero-order valence-electron chi connectivity index (χ0n) is 28.4. The summed E-state index contributed by atoms with van der Waals surface area (Å²) in [4.78, 5) is 52.7. The molecule has 3 amide bonds. The number of aryl methyl sites for hydroxylation is 1. The Bertz CT molecular complexity index is 1620. The van der Waals surface area contributed by atoms with E-state index in [9.17, 15) is 19.2 Å². The summed E-state index contributed by atoms with van der Waals surface area (Å²) in [6.07, 6.45) is 5.70. The van der Waals surface area contributed by atoms with Crippen molar-refractivity contribution in [2.75, 3.05) is 20.8 Å². The van der Waals surface area contributed by atoms with Gasteiger partial charge in [0.25, 0.3) is 5.91 Å². The van der Waals surface area contributed by atoms with Gasteiger partial charge in [-0.05, 0) is 88.5 Å². The standard InChI is InChI=1S/C35H43N3O9S2/c1-35(2,3)47-33(42)37-25(17-30(36)39)32(41)45-10-6-7-21-15-27(22-13-23(43-4)16-24(14-22)44-5)46-28(21)18-29-31(40)38(34(48)49-29)26-12-19-8-9-20(26)11-19/h13-16,18-20,25-26H,6-12,17H2,1-5H3,(H2,36,39)(H,37,42)/b29-18-/t19?,20?,25-,26?/m0/s1. The highest BCUT2D eigenvalue weighted by Crippen LogP contribution is 2.49. The van der Waals surface area contributed by atoms with Gasteiger partial charge in [-0.15, -0.1) is 0 Å². The van der Waals surface area contributed by atoms with Crippen LogP contribution in [-0.2, 0) is 30.3 Å². The predicted octanol–water partition coefficient (Wildman–Crippen LogP) is 5.60. The van der Waals surface area contributed by atoms with Crippen LogP contribution in [-0.4, -0.2) is 71.6 Å². The molecule has 2 aromatic rings. The second-order valence-electron chi connectivity index (χ2n) is 13.5. The number of fused-ring (bicyclic) bond motifs is 2. The van der Waals surface area contributed by atoms with E-state index in [0.717, 1.165) is 24.8 Å². The number of furan rings is 1. The normalized spacial score (nSPS) is 21.6. The van der Waals surface area contributed by atoms with Gasteiger partial charge in [-0.25, -0.2) is 9.59 Å². The third kappa shape index (κ3) is 8.96. The number of alkyl carbamates (subject to hydrolysis) is 1. The number of thioether (sulfide) groups is 1. The summed E-state index contributed by atoms with van der Waals surface area (Å²) in [6.45, 7) is 5.00. The Hall–Kier alpha value is -4.04. The summed E-state index contributed by atoms with van der Waals surface area (Å²) in [5.74, 6) is 1.62. The van der Waals surface area contributed by atoms with Crippen molar-refractivity contribution >= 4 is 58.3 Å². The first kappa shape index (κ1) is 36.2. The molecule has 1 aromatic carbocycles. The fourth-order valence-electron chi connectivity index (χ4n) is 6.64. The van der Waals surface area contributed by atoms with Crippen molar-refractivity contribution in [3.05, 3.63) is 40.5 Å². The molecule has 3 N–H and O–H groups in total. The van der Waals surface area contributed by atoms with Crippen LogP contribution < -0.4 is 20.5 Å². The molecule has 1 aliphatic heterocycles. The second-order valence-corrected chi connectivity index (χ2v) is 15.2. The van der Waals surface area contributed by atoms with Crippen LogP contribution in [0.2, 0.25) is 0 Å². The molecular formula is C35H43N3O9S2. The highest BCUT2D eigenvalue weighted by atomic mass is 32.2. The molecule has 1 saturated heterocycles. The van der Waals surface area contributed by atoms with Crippen LogP contribution in [0.25, 0.3) is 17.4 Å². The molecule has 0 radical (unpaired) electrons. The van der Waals surface area contributed by atoms with Gasteiger partial charge in [0, 0.05) is 23.7 Å². The van der Waals surface area contributed by atoms with Crippen molar-refractivity contribution in [3.63, 3.8) is 0 Å². The van der Waals surface area contributed by atoms with E-state index in [2.05, 4.69) is 5.32 Å². The summed E-state index contributed by atoms with van der Waals surface area (Å²) in [5, 5.41) is 2.36. The molecule has 3 unspecified atom stereocenters. The summed E-state index contributed by atoms with van der Waals surface area (Å²) >= 11 is 6.98. The number of carbonyl (C=O) groups excluding carboxylic acids is 4. The van der Waals surface area contributed by atoms with Gasteiger partial charge >= 0.3 is 12.1 Å². The van der Waals surface area contributed by atoms with Gasteiger partial charge in [0.1, 0.15) is 39.0 Å². The van der Waals surface area contributed by atoms with Crippen LogP contribution in [0, 0.1) is 11.8 Å². The summed E-state index contributed by atoms with van der Waals surface area (Å²) in [6, 6.07) is 6.11. The Morgan fingerprint density at radius 3 is 2.43 bits per heavy atom. The monoisotopic (exact) mass is 713 g/mol. The Morgan fingerprint density at radius 1 is 1.12 bits per heavy atom. The number of nitrogens with zero attached hydrogens (tertiary/aromatic N) is 1. The summed E-state index contributed by atoms with van der Waals surface area (Å²) < 4.78 is 28.5. The predicted molar refractivity (Wildman–Crippen MR) is 188 cm³/mol. The number of primary amides is 1. The van der Waals surface area contributed by atoms with E-state index < -0.39 is 36.0 Å². The van der Waals surface area contributed by atoms with Gasteiger partial charge in [-0.2, -0.15) is 0 Å². The van der Waals surface area contributed by atoms with Crippen LogP contribution >= 0.6 is 24.0 Å². The topological polar surface area (TPSA) is 160 Å². The number of hydrogen-bond donors (Lipinski definition) is 2. The summed E-state index contributed by atoms with van der Waals surface area (Å²) in [7, 11) is 3.13. The second kappa shape index (κ2) is 15.2. The molecule has 49 heavy (non-hydrogen) atoms. The van der Waals surface area contributed by atoms with E-state index in [4.69, 9.17) is 41.3 Å². The van der Waals surface area contributed by atoms with Crippen molar-refractivity contribution in [3.8, 4) is 22.8 Å². The zero-order valence-corrected chi connectivity index (χ0v) is 30.0. The first-order chi connectivity index (χ1) is 23.2. The molecule has 1 aromatic heterocycles. The van der Waals surface area contributed by atoms with Crippen molar-refractivity contribution in [1.82, 2.24) is 10.2 Å². The smallest absolute Gasteiger partial charge is 0.408 e. The molecular weight excluding hydrogens is 671 g/mol. The van der Waals surface area contributed by atoms with Crippen molar-refractivity contribution in [1.29, 1.82) is 0 Å². The number of amides is 3. The maximum absolute atomic E-state index is 13.7. The van der Waals surface area contributed by atoms with E-state index in [1.54, 1.807) is 52.0 Å². The molecule has 14 heteroatoms. The van der Waals surface area contributed by atoms with Gasteiger partial charge in [-0.1, -0.05) is 30.4 Å². The number of nitrogens with one attached hydrogen (secondary N) is 1. The van der Waals surface area contributed by atoms with Crippen LogP contribution in [0.3, 0.4) is 0 Å². The largest absolute Gasteiger partial charge is 0.497 e. The summed E-state index contributed by atoms with van der Waals surface area (Å²) in [5.41, 5.74) is 5.98. The Labute approximate surface area is 295 Å². The molecule has 0 spiro atoms. The number of benzene rings is 1. The SMILES string of the molecule is COc1cc(OC)cc(-c2cc(CCCOC(=O)[C@H](CC(N)=O)NC(=O)OC(C)(C)C)c(/C=C3\SC(=S)N(C4CC5CCC4C5)C3=O)o2)c1. The van der Waals surface area contributed by atoms with Gasteiger partial charge in [0.15, 0.2) is 0 Å². The average molecular weight is 714 g/mol. The molecule has 4 atom stereocenters. The number of hydrogen-bond acceptors (Lipinski definition) is 11. The molecule has 3 aliphatic rings. The number of thiocarbonyl (C=S) groups is 1. The number of nitrogens with two attached hydrogens (primary N) is 1. The Morgan fingerprint density at radius 2 is 1.84 bits per heavy atom. The average Bonchev–Trinajstić information content (AvgIpc) is 3.82. The first-order valence-corrected chi connectivity index (χ1v) is 17.5. The number of carbonyl (C=O) groups is 4. The van der Waals surface area contributed by atoms with E-state index >= 15 is 0 Å². The highest BCUT2D eigenvalue weighted by Gasteiger charge is 2.48. The lowest BCUT2D eigenvalue weighted by Gasteiger charge is -2.30. The third-order valence-electron chi connectivity index (χ3n) is 8.81. The molecule has 2 bridgehead atoms. The molecule has 2 saturated carbocycles. The maximum Gasteiger partial charge on any atom is 0.408 e.